The number of carbonyl (C=O) groups is 1. The summed E-state index contributed by atoms with van der Waals surface area (Å²) in [7, 11) is 0. The lowest BCUT2D eigenvalue weighted by Gasteiger charge is -2.18. The molecule has 0 saturated heterocycles. The molecule has 2 aromatic rings. The zero-order valence-electron chi connectivity index (χ0n) is 11.3. The summed E-state index contributed by atoms with van der Waals surface area (Å²) >= 11 is 0. The number of esters is 1. The molecule has 0 fully saturated rings. The molecule has 100 valence electrons. The zero-order chi connectivity index (χ0) is 13.9. The van der Waals surface area contributed by atoms with Crippen LogP contribution >= 0.6 is 0 Å². The van der Waals surface area contributed by atoms with Crippen molar-refractivity contribution in [1.82, 2.24) is 0 Å². The fourth-order valence-corrected chi connectivity index (χ4v) is 2.48. The highest BCUT2D eigenvalue weighted by Crippen LogP contribution is 2.26. The molecule has 3 nitrogen and oxygen atoms in total. The number of ether oxygens (including phenoxy) is 1. The van der Waals surface area contributed by atoms with Crippen molar-refractivity contribution in [2.45, 2.75) is 13.3 Å². The van der Waals surface area contributed by atoms with Crippen molar-refractivity contribution in [2.24, 2.45) is 4.99 Å². The minimum absolute atomic E-state index is 0.317. The molecule has 1 aliphatic heterocycles. The van der Waals surface area contributed by atoms with Gasteiger partial charge in [0.25, 0.3) is 0 Å². The van der Waals surface area contributed by atoms with E-state index in [0.29, 0.717) is 5.75 Å². The van der Waals surface area contributed by atoms with Gasteiger partial charge >= 0.3 is 5.97 Å². The average Bonchev–Trinajstić information content (AvgIpc) is 2.47. The molecule has 2 aromatic carbocycles. The predicted molar refractivity (Wildman–Crippen MR) is 78.4 cm³/mol. The van der Waals surface area contributed by atoms with E-state index in [2.05, 4.69) is 17.1 Å². The molecule has 3 rings (SSSR count). The van der Waals surface area contributed by atoms with E-state index in [1.807, 2.05) is 30.3 Å². The Kier molecular flexibility index (Phi) is 3.33. The molecule has 0 N–H and O–H groups in total. The summed E-state index contributed by atoms with van der Waals surface area (Å²) in [5.74, 6) is 0.248. The predicted octanol–water partition coefficient (Wildman–Crippen LogP) is 3.01. The number of aliphatic imine (C=N–C) groups is 1. The van der Waals surface area contributed by atoms with Gasteiger partial charge in [0.1, 0.15) is 5.75 Å². The van der Waals surface area contributed by atoms with E-state index >= 15 is 0 Å². The van der Waals surface area contributed by atoms with Crippen LogP contribution in [-0.4, -0.2) is 18.2 Å². The minimum Gasteiger partial charge on any atom is -0.426 e. The van der Waals surface area contributed by atoms with Crippen molar-refractivity contribution in [3.63, 3.8) is 0 Å². The molecule has 20 heavy (non-hydrogen) atoms. The summed E-state index contributed by atoms with van der Waals surface area (Å²) in [6.45, 7) is 2.17. The third-order valence-corrected chi connectivity index (χ3v) is 3.32. The van der Waals surface area contributed by atoms with Crippen molar-refractivity contribution in [3.05, 3.63) is 65.2 Å². The molecule has 0 atom stereocenters. The van der Waals surface area contributed by atoms with Crippen molar-refractivity contribution < 1.29 is 9.53 Å². The van der Waals surface area contributed by atoms with Gasteiger partial charge in [-0.3, -0.25) is 9.79 Å². The third kappa shape index (κ3) is 2.35. The molecule has 0 unspecified atom stereocenters. The van der Waals surface area contributed by atoms with Gasteiger partial charge in [0.2, 0.25) is 0 Å². The molecule has 0 bridgehead atoms. The average molecular weight is 265 g/mol. The van der Waals surface area contributed by atoms with Gasteiger partial charge in [-0.05, 0) is 24.1 Å². The quantitative estimate of drug-likeness (QED) is 0.618. The Hall–Kier alpha value is -2.42. The lowest BCUT2D eigenvalue weighted by atomic mass is 9.93. The number of hydrogen-bond donors (Lipinski definition) is 0. The number of carbonyl (C=O) groups excluding carboxylic acids is 1. The van der Waals surface area contributed by atoms with Crippen LogP contribution in [0.1, 0.15) is 23.6 Å². The zero-order valence-corrected chi connectivity index (χ0v) is 11.3. The summed E-state index contributed by atoms with van der Waals surface area (Å²) in [6.07, 6.45) is 0.954. The summed E-state index contributed by atoms with van der Waals surface area (Å²) in [5.41, 5.74) is 4.19. The molecule has 0 spiro atoms. The van der Waals surface area contributed by atoms with E-state index < -0.39 is 0 Å². The van der Waals surface area contributed by atoms with Gasteiger partial charge in [-0.2, -0.15) is 0 Å². The third-order valence-electron chi connectivity index (χ3n) is 3.32. The Morgan fingerprint density at radius 3 is 2.55 bits per heavy atom. The van der Waals surface area contributed by atoms with E-state index in [9.17, 15) is 4.79 Å². The van der Waals surface area contributed by atoms with Crippen LogP contribution in [-0.2, 0) is 11.2 Å². The number of nitrogens with zero attached hydrogens (tertiary/aromatic N) is 1. The molecule has 3 heteroatoms. The topological polar surface area (TPSA) is 38.7 Å². The smallest absolute Gasteiger partial charge is 0.308 e. The molecule has 0 amide bonds. The van der Waals surface area contributed by atoms with Crippen LogP contribution in [0.2, 0.25) is 0 Å². The lowest BCUT2D eigenvalue weighted by Crippen LogP contribution is -2.16. The first-order valence-corrected chi connectivity index (χ1v) is 6.66. The Morgan fingerprint density at radius 2 is 1.75 bits per heavy atom. The molecule has 0 aromatic heterocycles. The molecular weight excluding hydrogens is 250 g/mol. The second kappa shape index (κ2) is 5.29. The van der Waals surface area contributed by atoms with E-state index in [4.69, 9.17) is 4.74 Å². The van der Waals surface area contributed by atoms with E-state index in [1.54, 1.807) is 6.07 Å². The van der Waals surface area contributed by atoms with E-state index in [-0.39, 0.29) is 5.97 Å². The van der Waals surface area contributed by atoms with E-state index in [0.717, 1.165) is 29.8 Å². The van der Waals surface area contributed by atoms with Crippen LogP contribution in [0.25, 0.3) is 0 Å². The van der Waals surface area contributed by atoms with Gasteiger partial charge in [0.15, 0.2) is 0 Å². The molecular formula is C17H15NO2. The van der Waals surface area contributed by atoms with E-state index in [1.165, 1.54) is 12.5 Å². The fraction of sp³-hybridized carbons (Fsp3) is 0.176. The molecule has 1 heterocycles. The normalized spacial score (nSPS) is 13.3. The number of para-hydroxylation sites is 1. The number of benzene rings is 2. The van der Waals surface area contributed by atoms with Gasteiger partial charge in [-0.1, -0.05) is 36.4 Å². The Balaban J connectivity index is 2.10. The first kappa shape index (κ1) is 12.6. The molecule has 0 aliphatic carbocycles. The van der Waals surface area contributed by atoms with Crippen molar-refractivity contribution in [1.29, 1.82) is 0 Å². The largest absolute Gasteiger partial charge is 0.426 e. The molecule has 0 radical (unpaired) electrons. The maximum absolute atomic E-state index is 11.2. The van der Waals surface area contributed by atoms with Gasteiger partial charge in [0, 0.05) is 24.6 Å². The Labute approximate surface area is 117 Å². The number of rotatable bonds is 2. The van der Waals surface area contributed by atoms with Crippen LogP contribution in [0.3, 0.4) is 0 Å². The standard InChI is InChI=1S/C17H15NO2/c1-12(19)20-16-9-5-4-8-15(16)17-14-7-3-2-6-13(14)10-11-18-17/h2-9H,10-11H2,1H3. The van der Waals surface area contributed by atoms with Gasteiger partial charge in [0.05, 0.1) is 5.71 Å². The summed E-state index contributed by atoms with van der Waals surface area (Å²) in [4.78, 5) is 15.9. The highest BCUT2D eigenvalue weighted by atomic mass is 16.5. The molecule has 1 aliphatic rings. The van der Waals surface area contributed by atoms with Gasteiger partial charge in [-0.15, -0.1) is 0 Å². The SMILES string of the molecule is CC(=O)Oc1ccccc1C1=NCCc2ccccc21. The van der Waals surface area contributed by atoms with Crippen LogP contribution in [0.5, 0.6) is 5.75 Å². The summed E-state index contributed by atoms with van der Waals surface area (Å²) < 4.78 is 5.29. The maximum atomic E-state index is 11.2. The van der Waals surface area contributed by atoms with Gasteiger partial charge < -0.3 is 4.74 Å². The Morgan fingerprint density at radius 1 is 1.05 bits per heavy atom. The second-order valence-corrected chi connectivity index (χ2v) is 4.73. The lowest BCUT2D eigenvalue weighted by molar-refractivity contribution is -0.131. The second-order valence-electron chi connectivity index (χ2n) is 4.73. The first-order chi connectivity index (χ1) is 9.75. The molecule has 0 saturated carbocycles. The number of hydrogen-bond acceptors (Lipinski definition) is 3. The van der Waals surface area contributed by atoms with Crippen molar-refractivity contribution >= 4 is 11.7 Å². The van der Waals surface area contributed by atoms with Crippen molar-refractivity contribution in [2.75, 3.05) is 6.54 Å². The van der Waals surface area contributed by atoms with Crippen LogP contribution in [0, 0.1) is 0 Å². The van der Waals surface area contributed by atoms with Crippen molar-refractivity contribution in [3.8, 4) is 5.75 Å². The highest BCUT2D eigenvalue weighted by molar-refractivity contribution is 6.16. The fourth-order valence-electron chi connectivity index (χ4n) is 2.48. The summed E-state index contributed by atoms with van der Waals surface area (Å²) in [5, 5.41) is 0. The maximum Gasteiger partial charge on any atom is 0.308 e. The number of fused-ring (bicyclic) bond motifs is 1. The first-order valence-electron chi connectivity index (χ1n) is 6.66. The minimum atomic E-state index is -0.317. The van der Waals surface area contributed by atoms with Gasteiger partial charge in [-0.25, -0.2) is 0 Å². The summed E-state index contributed by atoms with van der Waals surface area (Å²) in [6, 6.07) is 15.8. The monoisotopic (exact) mass is 265 g/mol. The van der Waals surface area contributed by atoms with Crippen LogP contribution in [0.15, 0.2) is 53.5 Å². The van der Waals surface area contributed by atoms with Crippen LogP contribution in [0.4, 0.5) is 0 Å². The Bertz CT molecular complexity index is 689. The highest BCUT2D eigenvalue weighted by Gasteiger charge is 2.18. The van der Waals surface area contributed by atoms with Crippen LogP contribution < -0.4 is 4.74 Å².